The summed E-state index contributed by atoms with van der Waals surface area (Å²) in [7, 11) is 0. The van der Waals surface area contributed by atoms with Crippen LogP contribution in [-0.2, 0) is 27.2 Å². The number of fused-ring (bicyclic) bond motifs is 2. The molecule has 1 N–H and O–H groups in total. The second-order valence-corrected chi connectivity index (χ2v) is 8.99. The van der Waals surface area contributed by atoms with Crippen LogP contribution in [0.15, 0.2) is 30.4 Å². The largest absolute Gasteiger partial charge is 0.324 e. The summed E-state index contributed by atoms with van der Waals surface area (Å²) < 4.78 is 0. The lowest BCUT2D eigenvalue weighted by Gasteiger charge is -2.28. The van der Waals surface area contributed by atoms with Gasteiger partial charge in [0.2, 0.25) is 17.7 Å². The number of allylic oxidation sites excluding steroid dienone is 2. The molecule has 5 heteroatoms. The Morgan fingerprint density at radius 2 is 1.72 bits per heavy atom. The molecule has 1 saturated heterocycles. The second-order valence-electron chi connectivity index (χ2n) is 8.99. The monoisotopic (exact) mass is 394 g/mol. The molecule has 1 fully saturated rings. The third-order valence-electron chi connectivity index (χ3n) is 6.50. The number of carbonyl (C=O) groups is 3. The standard InChI is InChI=1S/C24H30N2O3/c1-15(2)14-21(26-23(28)18-11-5-6-12-19(18)24(26)29)22(27)25-20-13-7-9-16-8-3-4-10-17(16)20/h5-7,9,13,15,18-19,21H,3-4,8,10-12,14H2,1-2H3,(H,25,27). The maximum Gasteiger partial charge on any atom is 0.247 e. The van der Waals surface area contributed by atoms with Gasteiger partial charge in [0.1, 0.15) is 6.04 Å². The number of imide groups is 1. The number of benzene rings is 1. The summed E-state index contributed by atoms with van der Waals surface area (Å²) in [5, 5.41) is 3.07. The lowest BCUT2D eigenvalue weighted by Crippen LogP contribution is -2.48. The van der Waals surface area contributed by atoms with Crippen LogP contribution in [0.1, 0.15) is 57.1 Å². The SMILES string of the molecule is CC(C)CC(C(=O)Nc1cccc2c1CCCC2)N1C(=O)C2CC=CCC2C1=O. The molecule has 0 aromatic heterocycles. The van der Waals surface area contributed by atoms with Crippen LogP contribution in [0.5, 0.6) is 0 Å². The van der Waals surface area contributed by atoms with Crippen LogP contribution in [0, 0.1) is 17.8 Å². The summed E-state index contributed by atoms with van der Waals surface area (Å²) in [5.41, 5.74) is 3.33. The van der Waals surface area contributed by atoms with E-state index < -0.39 is 6.04 Å². The molecule has 3 amide bonds. The first-order valence-electron chi connectivity index (χ1n) is 10.9. The van der Waals surface area contributed by atoms with Crippen LogP contribution >= 0.6 is 0 Å². The molecule has 1 aromatic carbocycles. The molecule has 29 heavy (non-hydrogen) atoms. The van der Waals surface area contributed by atoms with Crippen LogP contribution in [0.3, 0.4) is 0 Å². The zero-order valence-electron chi connectivity index (χ0n) is 17.3. The van der Waals surface area contributed by atoms with Gasteiger partial charge in [-0.15, -0.1) is 0 Å². The summed E-state index contributed by atoms with van der Waals surface area (Å²) in [6.07, 6.45) is 9.90. The number of nitrogens with one attached hydrogen (secondary N) is 1. The predicted octanol–water partition coefficient (Wildman–Crippen LogP) is 3.87. The summed E-state index contributed by atoms with van der Waals surface area (Å²) in [4.78, 5) is 40.7. The van der Waals surface area contributed by atoms with Crippen LogP contribution < -0.4 is 5.32 Å². The van der Waals surface area contributed by atoms with E-state index in [1.165, 1.54) is 22.4 Å². The molecule has 0 bridgehead atoms. The molecule has 0 spiro atoms. The molecule has 1 aliphatic heterocycles. The van der Waals surface area contributed by atoms with E-state index in [9.17, 15) is 14.4 Å². The summed E-state index contributed by atoms with van der Waals surface area (Å²) in [6, 6.07) is 5.29. The van der Waals surface area contributed by atoms with Crippen LogP contribution in [0.25, 0.3) is 0 Å². The number of likely N-dealkylation sites (tertiary alicyclic amines) is 1. The van der Waals surface area contributed by atoms with Gasteiger partial charge in [0.15, 0.2) is 0 Å². The molecular formula is C24H30N2O3. The van der Waals surface area contributed by atoms with Crippen LogP contribution in [0.4, 0.5) is 5.69 Å². The van der Waals surface area contributed by atoms with Crippen molar-refractivity contribution >= 4 is 23.4 Å². The lowest BCUT2D eigenvalue weighted by atomic mass is 9.85. The van der Waals surface area contributed by atoms with Gasteiger partial charge in [0, 0.05) is 5.69 Å². The fraction of sp³-hybridized carbons (Fsp3) is 0.542. The first-order valence-corrected chi connectivity index (χ1v) is 10.9. The Bertz CT molecular complexity index is 832. The molecule has 5 nitrogen and oxygen atoms in total. The normalized spacial score (nSPS) is 24.4. The average Bonchev–Trinajstić information content (AvgIpc) is 2.97. The molecule has 1 heterocycles. The van der Waals surface area contributed by atoms with Crippen LogP contribution in [-0.4, -0.2) is 28.7 Å². The second kappa shape index (κ2) is 8.13. The molecule has 1 aromatic rings. The summed E-state index contributed by atoms with van der Waals surface area (Å²) >= 11 is 0. The molecule has 2 aliphatic carbocycles. The molecule has 0 radical (unpaired) electrons. The van der Waals surface area contributed by atoms with E-state index in [1.807, 2.05) is 38.1 Å². The highest BCUT2D eigenvalue weighted by Gasteiger charge is 2.51. The first-order chi connectivity index (χ1) is 14.0. The zero-order valence-corrected chi connectivity index (χ0v) is 17.3. The lowest BCUT2D eigenvalue weighted by molar-refractivity contribution is -0.147. The van der Waals surface area contributed by atoms with Crippen molar-refractivity contribution < 1.29 is 14.4 Å². The number of carbonyl (C=O) groups excluding carboxylic acids is 3. The van der Waals surface area contributed by atoms with Crippen molar-refractivity contribution in [3.05, 3.63) is 41.5 Å². The van der Waals surface area contributed by atoms with Crippen molar-refractivity contribution in [1.29, 1.82) is 0 Å². The summed E-state index contributed by atoms with van der Waals surface area (Å²) in [5.74, 6) is -1.03. The van der Waals surface area contributed by atoms with Gasteiger partial charge in [-0.3, -0.25) is 19.3 Å². The van der Waals surface area contributed by atoms with Gasteiger partial charge in [-0.2, -0.15) is 0 Å². The van der Waals surface area contributed by atoms with Gasteiger partial charge in [-0.25, -0.2) is 0 Å². The Balaban J connectivity index is 1.60. The minimum absolute atomic E-state index is 0.180. The van der Waals surface area contributed by atoms with Gasteiger partial charge in [-0.05, 0) is 68.1 Å². The molecule has 0 saturated carbocycles. The number of amides is 3. The smallest absolute Gasteiger partial charge is 0.247 e. The zero-order chi connectivity index (χ0) is 20.5. The van der Waals surface area contributed by atoms with E-state index in [-0.39, 0.29) is 35.5 Å². The molecule has 3 aliphatic rings. The highest BCUT2D eigenvalue weighted by Crippen LogP contribution is 2.37. The number of rotatable bonds is 5. The van der Waals surface area contributed by atoms with Crippen molar-refractivity contribution in [2.24, 2.45) is 17.8 Å². The maximum atomic E-state index is 13.3. The van der Waals surface area contributed by atoms with Crippen LogP contribution in [0.2, 0.25) is 0 Å². The quantitative estimate of drug-likeness (QED) is 0.609. The predicted molar refractivity (Wildman–Crippen MR) is 112 cm³/mol. The van der Waals surface area contributed by atoms with Crippen molar-refractivity contribution in [2.45, 2.75) is 64.8 Å². The molecule has 3 atom stereocenters. The van der Waals surface area contributed by atoms with Gasteiger partial charge < -0.3 is 5.32 Å². The third kappa shape index (κ3) is 3.75. The Hall–Kier alpha value is -2.43. The van der Waals surface area contributed by atoms with E-state index in [0.717, 1.165) is 24.9 Å². The number of aryl methyl sites for hydroxylation is 1. The van der Waals surface area contributed by atoms with E-state index in [4.69, 9.17) is 0 Å². The number of hydrogen-bond acceptors (Lipinski definition) is 3. The highest BCUT2D eigenvalue weighted by molar-refractivity contribution is 6.10. The minimum Gasteiger partial charge on any atom is -0.324 e. The van der Waals surface area contributed by atoms with Crippen molar-refractivity contribution in [1.82, 2.24) is 4.90 Å². The fourth-order valence-electron chi connectivity index (χ4n) is 5.02. The highest BCUT2D eigenvalue weighted by atomic mass is 16.2. The van der Waals surface area contributed by atoms with Gasteiger partial charge in [-0.1, -0.05) is 38.1 Å². The molecule has 154 valence electrons. The van der Waals surface area contributed by atoms with Gasteiger partial charge in [0.05, 0.1) is 11.8 Å². The number of hydrogen-bond donors (Lipinski definition) is 1. The van der Waals surface area contributed by atoms with Crippen molar-refractivity contribution in [2.75, 3.05) is 5.32 Å². The summed E-state index contributed by atoms with van der Waals surface area (Å²) in [6.45, 7) is 4.04. The Labute approximate surface area is 172 Å². The fourth-order valence-corrected chi connectivity index (χ4v) is 5.02. The van der Waals surface area contributed by atoms with E-state index in [0.29, 0.717) is 19.3 Å². The van der Waals surface area contributed by atoms with Gasteiger partial charge in [0.25, 0.3) is 0 Å². The van der Waals surface area contributed by atoms with Crippen molar-refractivity contribution in [3.63, 3.8) is 0 Å². The van der Waals surface area contributed by atoms with Gasteiger partial charge >= 0.3 is 0 Å². The third-order valence-corrected chi connectivity index (χ3v) is 6.50. The Kier molecular flexibility index (Phi) is 5.57. The van der Waals surface area contributed by atoms with Crippen molar-refractivity contribution in [3.8, 4) is 0 Å². The van der Waals surface area contributed by atoms with E-state index in [1.54, 1.807) is 0 Å². The molecular weight excluding hydrogens is 364 g/mol. The Morgan fingerprint density at radius 1 is 1.07 bits per heavy atom. The average molecular weight is 395 g/mol. The number of nitrogens with zero attached hydrogens (tertiary/aromatic N) is 1. The molecule has 3 unspecified atom stereocenters. The van der Waals surface area contributed by atoms with E-state index >= 15 is 0 Å². The first kappa shape index (κ1) is 19.9. The molecule has 4 rings (SSSR count). The Morgan fingerprint density at radius 3 is 2.38 bits per heavy atom. The number of anilines is 1. The topological polar surface area (TPSA) is 66.5 Å². The van der Waals surface area contributed by atoms with E-state index in [2.05, 4.69) is 11.4 Å². The minimum atomic E-state index is -0.750. The maximum absolute atomic E-state index is 13.3.